The number of ether oxygens (including phenoxy) is 2. The van der Waals surface area contributed by atoms with E-state index in [4.69, 9.17) is 9.47 Å². The summed E-state index contributed by atoms with van der Waals surface area (Å²) >= 11 is 4.17. The summed E-state index contributed by atoms with van der Waals surface area (Å²) in [7, 11) is 0. The van der Waals surface area contributed by atoms with E-state index in [0.717, 1.165) is 0 Å². The number of carbonyl (C=O) groups excluding carboxylic acids is 1. The summed E-state index contributed by atoms with van der Waals surface area (Å²) in [5, 5.41) is 0. The Morgan fingerprint density at radius 3 is 2.71 bits per heavy atom. The molecule has 3 nitrogen and oxygen atoms in total. The smallest absolute Gasteiger partial charge is 0.339 e. The Morgan fingerprint density at radius 1 is 1.43 bits per heavy atom. The number of rotatable bonds is 2. The highest BCUT2D eigenvalue weighted by molar-refractivity contribution is 7.80. The second-order valence-electron chi connectivity index (χ2n) is 3.08. The van der Waals surface area contributed by atoms with Crippen LogP contribution in [-0.2, 0) is 9.47 Å². The normalized spacial score (nSPS) is 16.1. The number of thiol groups is 1. The molecule has 1 aromatic carbocycles. The minimum Gasteiger partial charge on any atom is -0.454 e. The molecule has 1 aromatic rings. The van der Waals surface area contributed by atoms with E-state index in [9.17, 15) is 4.79 Å². The molecule has 74 valence electrons. The van der Waals surface area contributed by atoms with Crippen molar-refractivity contribution in [2.24, 2.45) is 0 Å². The van der Waals surface area contributed by atoms with Crippen molar-refractivity contribution in [3.63, 3.8) is 0 Å². The first-order valence-corrected chi connectivity index (χ1v) is 4.79. The molecule has 0 amide bonds. The van der Waals surface area contributed by atoms with E-state index in [0.29, 0.717) is 23.7 Å². The highest BCUT2D eigenvalue weighted by atomic mass is 32.1. The van der Waals surface area contributed by atoms with Crippen molar-refractivity contribution < 1.29 is 14.3 Å². The molecular formula is C10H10O3S. The molecule has 0 atom stereocenters. The quantitative estimate of drug-likeness (QED) is 0.594. The summed E-state index contributed by atoms with van der Waals surface area (Å²) in [6.45, 7) is 1.00. The molecule has 0 saturated carbocycles. The Balaban J connectivity index is 2.06. The molecule has 14 heavy (non-hydrogen) atoms. The van der Waals surface area contributed by atoms with Crippen LogP contribution in [0.4, 0.5) is 0 Å². The molecule has 2 rings (SSSR count). The predicted molar refractivity (Wildman–Crippen MR) is 53.7 cm³/mol. The number of hydrogen-bond donors (Lipinski definition) is 1. The summed E-state index contributed by atoms with van der Waals surface area (Å²) in [5.74, 6) is -0.330. The van der Waals surface area contributed by atoms with Gasteiger partial charge in [-0.05, 0) is 12.1 Å². The fourth-order valence-electron chi connectivity index (χ4n) is 1.14. The van der Waals surface area contributed by atoms with Gasteiger partial charge < -0.3 is 9.47 Å². The molecule has 0 N–H and O–H groups in total. The van der Waals surface area contributed by atoms with Gasteiger partial charge in [0.25, 0.3) is 0 Å². The fourth-order valence-corrected chi connectivity index (χ4v) is 1.40. The van der Waals surface area contributed by atoms with Crippen LogP contribution in [0.3, 0.4) is 0 Å². The van der Waals surface area contributed by atoms with Crippen molar-refractivity contribution in [3.8, 4) is 0 Å². The van der Waals surface area contributed by atoms with Gasteiger partial charge in [0.05, 0.1) is 18.8 Å². The van der Waals surface area contributed by atoms with Crippen LogP contribution in [0.1, 0.15) is 10.4 Å². The van der Waals surface area contributed by atoms with Crippen LogP contribution in [0.25, 0.3) is 0 Å². The molecule has 0 unspecified atom stereocenters. The van der Waals surface area contributed by atoms with Crippen molar-refractivity contribution in [2.45, 2.75) is 11.0 Å². The van der Waals surface area contributed by atoms with Gasteiger partial charge in [0.2, 0.25) is 0 Å². The molecule has 0 bridgehead atoms. The van der Waals surface area contributed by atoms with Crippen LogP contribution in [0.2, 0.25) is 0 Å². The average Bonchev–Trinajstić information content (AvgIpc) is 2.12. The molecule has 0 aliphatic carbocycles. The largest absolute Gasteiger partial charge is 0.454 e. The summed E-state index contributed by atoms with van der Waals surface area (Å²) in [4.78, 5) is 12.2. The van der Waals surface area contributed by atoms with Gasteiger partial charge in [-0.2, -0.15) is 0 Å². The van der Waals surface area contributed by atoms with Crippen molar-refractivity contribution in [3.05, 3.63) is 29.8 Å². The third-order valence-electron chi connectivity index (χ3n) is 2.01. The summed E-state index contributed by atoms with van der Waals surface area (Å²) in [5.41, 5.74) is 0.503. The van der Waals surface area contributed by atoms with Gasteiger partial charge in [0.15, 0.2) is 0 Å². The standard InChI is InChI=1S/C10H10O3S/c11-10(13-7-5-12-6-7)8-3-1-2-4-9(8)14/h1-4,7,14H,5-6H2. The first-order chi connectivity index (χ1) is 6.77. The second-order valence-corrected chi connectivity index (χ2v) is 3.56. The van der Waals surface area contributed by atoms with Crippen molar-refractivity contribution in [1.29, 1.82) is 0 Å². The lowest BCUT2D eigenvalue weighted by Gasteiger charge is -2.25. The van der Waals surface area contributed by atoms with E-state index in [1.165, 1.54) is 0 Å². The molecule has 1 heterocycles. The zero-order chi connectivity index (χ0) is 9.97. The lowest BCUT2D eigenvalue weighted by atomic mass is 10.2. The maximum Gasteiger partial charge on any atom is 0.339 e. The lowest BCUT2D eigenvalue weighted by molar-refractivity contribution is -0.103. The second kappa shape index (κ2) is 4.02. The number of esters is 1. The highest BCUT2D eigenvalue weighted by Crippen LogP contribution is 2.16. The van der Waals surface area contributed by atoms with Gasteiger partial charge in [0.1, 0.15) is 6.10 Å². The minimum absolute atomic E-state index is 0.0876. The zero-order valence-electron chi connectivity index (χ0n) is 7.47. The zero-order valence-corrected chi connectivity index (χ0v) is 8.37. The number of benzene rings is 1. The molecule has 1 saturated heterocycles. The monoisotopic (exact) mass is 210 g/mol. The molecule has 0 radical (unpaired) electrons. The fraction of sp³-hybridized carbons (Fsp3) is 0.300. The van der Waals surface area contributed by atoms with Gasteiger partial charge >= 0.3 is 5.97 Å². The van der Waals surface area contributed by atoms with Crippen LogP contribution >= 0.6 is 12.6 Å². The Bertz CT molecular complexity index is 347. The van der Waals surface area contributed by atoms with Crippen LogP contribution in [0.15, 0.2) is 29.2 Å². The lowest BCUT2D eigenvalue weighted by Crippen LogP contribution is -2.37. The van der Waals surface area contributed by atoms with Gasteiger partial charge in [-0.1, -0.05) is 12.1 Å². The highest BCUT2D eigenvalue weighted by Gasteiger charge is 2.23. The van der Waals surface area contributed by atoms with Crippen LogP contribution < -0.4 is 0 Å². The van der Waals surface area contributed by atoms with Gasteiger partial charge in [-0.3, -0.25) is 0 Å². The molecule has 4 heteroatoms. The Kier molecular flexibility index (Phi) is 2.74. The van der Waals surface area contributed by atoms with Gasteiger partial charge in [-0.25, -0.2) is 4.79 Å². The van der Waals surface area contributed by atoms with E-state index in [2.05, 4.69) is 12.6 Å². The predicted octanol–water partition coefficient (Wildman–Crippen LogP) is 1.53. The van der Waals surface area contributed by atoms with Crippen molar-refractivity contribution in [2.75, 3.05) is 13.2 Å². The SMILES string of the molecule is O=C(OC1COC1)c1ccccc1S. The third-order valence-corrected chi connectivity index (χ3v) is 2.40. The van der Waals surface area contributed by atoms with Crippen molar-refractivity contribution >= 4 is 18.6 Å². The molecular weight excluding hydrogens is 200 g/mol. The molecule has 1 aliphatic heterocycles. The molecule has 1 fully saturated rings. The minimum atomic E-state index is -0.330. The first kappa shape index (κ1) is 9.55. The van der Waals surface area contributed by atoms with E-state index >= 15 is 0 Å². The number of hydrogen-bond acceptors (Lipinski definition) is 4. The summed E-state index contributed by atoms with van der Waals surface area (Å²) in [6, 6.07) is 7.07. The van der Waals surface area contributed by atoms with E-state index in [1.807, 2.05) is 6.07 Å². The van der Waals surface area contributed by atoms with Crippen molar-refractivity contribution in [1.82, 2.24) is 0 Å². The maximum atomic E-state index is 11.5. The topological polar surface area (TPSA) is 35.5 Å². The van der Waals surface area contributed by atoms with Crippen LogP contribution in [-0.4, -0.2) is 25.3 Å². The molecule has 0 aromatic heterocycles. The van der Waals surface area contributed by atoms with E-state index in [1.54, 1.807) is 18.2 Å². The summed E-state index contributed by atoms with van der Waals surface area (Å²) in [6.07, 6.45) is -0.0876. The average molecular weight is 210 g/mol. The first-order valence-electron chi connectivity index (χ1n) is 4.34. The Labute approximate surface area is 87.4 Å². The van der Waals surface area contributed by atoms with Crippen LogP contribution in [0.5, 0.6) is 0 Å². The summed E-state index contributed by atoms with van der Waals surface area (Å²) < 4.78 is 10.0. The maximum absolute atomic E-state index is 11.5. The number of carbonyl (C=O) groups is 1. The Morgan fingerprint density at radius 2 is 2.14 bits per heavy atom. The van der Waals surface area contributed by atoms with E-state index in [-0.39, 0.29) is 12.1 Å². The van der Waals surface area contributed by atoms with Crippen LogP contribution in [0, 0.1) is 0 Å². The Hall–Kier alpha value is -1.00. The van der Waals surface area contributed by atoms with E-state index < -0.39 is 0 Å². The molecule has 1 aliphatic rings. The van der Waals surface area contributed by atoms with Gasteiger partial charge in [0, 0.05) is 4.90 Å². The third kappa shape index (κ3) is 1.91. The van der Waals surface area contributed by atoms with Gasteiger partial charge in [-0.15, -0.1) is 12.6 Å². The molecule has 0 spiro atoms.